The minimum Gasteiger partial charge on any atom is -0.481 e. The number of nitrogen functional groups attached to an aromatic ring is 1. The number of hydrogen-bond donors (Lipinski definition) is 2. The van der Waals surface area contributed by atoms with Gasteiger partial charge in [0.2, 0.25) is 5.88 Å². The van der Waals surface area contributed by atoms with Crippen molar-refractivity contribution in [2.75, 3.05) is 18.2 Å². The second-order valence-electron chi connectivity index (χ2n) is 4.53. The van der Waals surface area contributed by atoms with Crippen LogP contribution < -0.4 is 15.8 Å². The van der Waals surface area contributed by atoms with Crippen LogP contribution in [-0.2, 0) is 6.42 Å². The first-order valence-corrected chi connectivity index (χ1v) is 6.60. The molecular formula is C14H16N6O. The van der Waals surface area contributed by atoms with Crippen molar-refractivity contribution in [1.29, 1.82) is 0 Å². The lowest BCUT2D eigenvalue weighted by Crippen LogP contribution is -2.01. The van der Waals surface area contributed by atoms with Gasteiger partial charge in [0.1, 0.15) is 11.8 Å². The summed E-state index contributed by atoms with van der Waals surface area (Å²) >= 11 is 0. The number of methoxy groups -OCH3 is 1. The quantitative estimate of drug-likeness (QED) is 0.761. The van der Waals surface area contributed by atoms with E-state index in [-0.39, 0.29) is 0 Å². The predicted octanol–water partition coefficient (Wildman–Crippen LogP) is 2.02. The molecule has 0 radical (unpaired) electrons. The third-order valence-electron chi connectivity index (χ3n) is 3.27. The summed E-state index contributed by atoms with van der Waals surface area (Å²) in [5.74, 6) is 1.26. The van der Waals surface area contributed by atoms with Gasteiger partial charge < -0.3 is 15.8 Å². The van der Waals surface area contributed by atoms with Gasteiger partial charge in [0.05, 0.1) is 30.9 Å². The Morgan fingerprint density at radius 2 is 2.19 bits per heavy atom. The van der Waals surface area contributed by atoms with Gasteiger partial charge in [-0.25, -0.2) is 14.5 Å². The second kappa shape index (κ2) is 5.28. The molecule has 0 unspecified atom stereocenters. The largest absolute Gasteiger partial charge is 0.481 e. The van der Waals surface area contributed by atoms with Crippen molar-refractivity contribution in [3.63, 3.8) is 0 Å². The normalized spacial score (nSPS) is 10.8. The minimum absolute atomic E-state index is 0.564. The van der Waals surface area contributed by atoms with Gasteiger partial charge in [-0.3, -0.25) is 0 Å². The maximum absolute atomic E-state index is 6.02. The zero-order valence-corrected chi connectivity index (χ0v) is 11.9. The summed E-state index contributed by atoms with van der Waals surface area (Å²) in [5, 5.41) is 7.43. The van der Waals surface area contributed by atoms with E-state index in [1.807, 2.05) is 6.07 Å². The van der Waals surface area contributed by atoms with E-state index in [0.717, 1.165) is 23.2 Å². The lowest BCUT2D eigenvalue weighted by atomic mass is 10.2. The number of nitrogens with one attached hydrogen (secondary N) is 1. The van der Waals surface area contributed by atoms with Crippen LogP contribution in [0.3, 0.4) is 0 Å². The molecule has 0 atom stereocenters. The standard InChI is InChI=1S/C14H16N6O/c1-3-10-11(15)7-20-13(10)14(17-8-18-20)19-9-4-5-12(21-2)16-6-9/h4-8H,3,15H2,1-2H3,(H,17,18,19). The lowest BCUT2D eigenvalue weighted by molar-refractivity contribution is 0.398. The molecule has 3 rings (SSSR count). The fourth-order valence-corrected chi connectivity index (χ4v) is 2.27. The van der Waals surface area contributed by atoms with Crippen LogP contribution in [0.5, 0.6) is 5.88 Å². The van der Waals surface area contributed by atoms with Crippen molar-refractivity contribution < 1.29 is 4.74 Å². The third kappa shape index (κ3) is 2.33. The summed E-state index contributed by atoms with van der Waals surface area (Å²) in [6, 6.07) is 3.66. The molecule has 0 bridgehead atoms. The molecule has 21 heavy (non-hydrogen) atoms. The van der Waals surface area contributed by atoms with Crippen molar-refractivity contribution in [2.45, 2.75) is 13.3 Å². The molecule has 0 fully saturated rings. The molecule has 3 heterocycles. The van der Waals surface area contributed by atoms with E-state index in [1.165, 1.54) is 6.33 Å². The minimum atomic E-state index is 0.564. The van der Waals surface area contributed by atoms with Crippen molar-refractivity contribution in [3.8, 4) is 5.88 Å². The van der Waals surface area contributed by atoms with Gasteiger partial charge in [-0.2, -0.15) is 5.10 Å². The fraction of sp³-hybridized carbons (Fsp3) is 0.214. The van der Waals surface area contributed by atoms with Gasteiger partial charge >= 0.3 is 0 Å². The number of nitrogens with zero attached hydrogens (tertiary/aromatic N) is 4. The van der Waals surface area contributed by atoms with E-state index in [4.69, 9.17) is 10.5 Å². The first-order valence-electron chi connectivity index (χ1n) is 6.60. The molecule has 0 amide bonds. The van der Waals surface area contributed by atoms with Crippen LogP contribution in [0.4, 0.5) is 17.2 Å². The number of aromatic nitrogens is 4. The third-order valence-corrected chi connectivity index (χ3v) is 3.27. The molecule has 0 aliphatic heterocycles. The second-order valence-corrected chi connectivity index (χ2v) is 4.53. The Bertz CT molecular complexity index is 765. The maximum atomic E-state index is 6.02. The average Bonchev–Trinajstić information content (AvgIpc) is 2.84. The number of rotatable bonds is 4. The summed E-state index contributed by atoms with van der Waals surface area (Å²) in [5.41, 5.74) is 9.46. The van der Waals surface area contributed by atoms with Gasteiger partial charge in [0.25, 0.3) is 0 Å². The zero-order valence-electron chi connectivity index (χ0n) is 11.9. The van der Waals surface area contributed by atoms with Crippen molar-refractivity contribution >= 4 is 22.7 Å². The molecule has 0 saturated carbocycles. The van der Waals surface area contributed by atoms with E-state index in [9.17, 15) is 0 Å². The van der Waals surface area contributed by atoms with Gasteiger partial charge in [-0.05, 0) is 12.5 Å². The van der Waals surface area contributed by atoms with Crippen LogP contribution in [0, 0.1) is 0 Å². The van der Waals surface area contributed by atoms with Crippen molar-refractivity contribution in [3.05, 3.63) is 36.4 Å². The highest BCUT2D eigenvalue weighted by molar-refractivity contribution is 5.81. The molecule has 7 nitrogen and oxygen atoms in total. The Labute approximate surface area is 121 Å². The Morgan fingerprint density at radius 1 is 1.33 bits per heavy atom. The van der Waals surface area contributed by atoms with Gasteiger partial charge in [0.15, 0.2) is 5.82 Å². The number of pyridine rings is 1. The Kier molecular flexibility index (Phi) is 3.31. The highest BCUT2D eigenvalue weighted by Gasteiger charge is 2.13. The first-order chi connectivity index (χ1) is 10.2. The van der Waals surface area contributed by atoms with Crippen LogP contribution in [-0.4, -0.2) is 26.7 Å². The predicted molar refractivity (Wildman–Crippen MR) is 80.8 cm³/mol. The molecule has 108 valence electrons. The molecule has 0 spiro atoms. The molecule has 0 aromatic carbocycles. The summed E-state index contributed by atoms with van der Waals surface area (Å²) in [4.78, 5) is 8.47. The highest BCUT2D eigenvalue weighted by atomic mass is 16.5. The van der Waals surface area contributed by atoms with Crippen LogP contribution in [0.25, 0.3) is 5.52 Å². The van der Waals surface area contributed by atoms with E-state index >= 15 is 0 Å². The van der Waals surface area contributed by atoms with Crippen molar-refractivity contribution in [1.82, 2.24) is 19.6 Å². The number of aryl methyl sites for hydroxylation is 1. The molecule has 7 heteroatoms. The summed E-state index contributed by atoms with van der Waals surface area (Å²) < 4.78 is 6.78. The van der Waals surface area contributed by atoms with Crippen LogP contribution in [0.2, 0.25) is 0 Å². The van der Waals surface area contributed by atoms with Crippen LogP contribution in [0.1, 0.15) is 12.5 Å². The number of ether oxygens (including phenoxy) is 1. The molecule has 3 aromatic rings. The average molecular weight is 284 g/mol. The molecule has 3 aromatic heterocycles. The number of anilines is 3. The highest BCUT2D eigenvalue weighted by Crippen LogP contribution is 2.27. The number of nitrogens with two attached hydrogens (primary N) is 1. The monoisotopic (exact) mass is 284 g/mol. The summed E-state index contributed by atoms with van der Waals surface area (Å²) in [6.07, 6.45) is 5.79. The van der Waals surface area contributed by atoms with Gasteiger partial charge in [0, 0.05) is 11.6 Å². The van der Waals surface area contributed by atoms with Crippen LogP contribution >= 0.6 is 0 Å². The Balaban J connectivity index is 2.03. The zero-order chi connectivity index (χ0) is 14.8. The lowest BCUT2D eigenvalue weighted by Gasteiger charge is -2.08. The van der Waals surface area contributed by atoms with Crippen molar-refractivity contribution in [2.24, 2.45) is 0 Å². The summed E-state index contributed by atoms with van der Waals surface area (Å²) in [6.45, 7) is 2.05. The molecule has 0 saturated heterocycles. The van der Waals surface area contributed by atoms with E-state index < -0.39 is 0 Å². The smallest absolute Gasteiger partial charge is 0.213 e. The number of fused-ring (bicyclic) bond motifs is 1. The number of hydrogen-bond acceptors (Lipinski definition) is 6. The Morgan fingerprint density at radius 3 is 2.86 bits per heavy atom. The summed E-state index contributed by atoms with van der Waals surface area (Å²) in [7, 11) is 1.58. The van der Waals surface area contributed by atoms with E-state index in [2.05, 4.69) is 27.3 Å². The molecule has 0 aliphatic rings. The first kappa shape index (κ1) is 13.2. The SMILES string of the molecule is CCc1c(N)cn2ncnc(Nc3ccc(OC)nc3)c12. The maximum Gasteiger partial charge on any atom is 0.213 e. The molecule has 3 N–H and O–H groups in total. The van der Waals surface area contributed by atoms with Gasteiger partial charge in [-0.15, -0.1) is 0 Å². The molecule has 0 aliphatic carbocycles. The topological polar surface area (TPSA) is 90.4 Å². The Hall–Kier alpha value is -2.83. The van der Waals surface area contributed by atoms with Crippen LogP contribution in [0.15, 0.2) is 30.9 Å². The fourth-order valence-electron chi connectivity index (χ4n) is 2.27. The van der Waals surface area contributed by atoms with E-state index in [1.54, 1.807) is 30.1 Å². The van der Waals surface area contributed by atoms with E-state index in [0.29, 0.717) is 17.4 Å². The van der Waals surface area contributed by atoms with Gasteiger partial charge in [-0.1, -0.05) is 6.92 Å². The molecular weight excluding hydrogens is 268 g/mol.